The van der Waals surface area contributed by atoms with E-state index in [0.717, 1.165) is 55.0 Å². The van der Waals surface area contributed by atoms with E-state index >= 15 is 0 Å². The van der Waals surface area contributed by atoms with E-state index < -0.39 is 11.7 Å². The molecule has 1 saturated heterocycles. The Morgan fingerprint density at radius 1 is 1.35 bits per heavy atom. The fourth-order valence-electron chi connectivity index (χ4n) is 5.28. The number of amides is 1. The molecule has 1 saturated carbocycles. The quantitative estimate of drug-likeness (QED) is 0.730. The predicted octanol–water partition coefficient (Wildman–Crippen LogP) is 3.97. The Hall–Kier alpha value is -2.34. The van der Waals surface area contributed by atoms with Gasteiger partial charge in [-0.2, -0.15) is 0 Å². The van der Waals surface area contributed by atoms with Gasteiger partial charge in [0.2, 0.25) is 0 Å². The minimum absolute atomic E-state index is 0.0618. The van der Waals surface area contributed by atoms with Crippen molar-refractivity contribution >= 4 is 16.9 Å². The molecular formula is C25H33NO5. The number of fused-ring (bicyclic) bond motifs is 2. The smallest absolute Gasteiger partial charge is 0.336 e. The molecule has 0 bridgehead atoms. The monoisotopic (exact) mass is 427 g/mol. The van der Waals surface area contributed by atoms with Crippen LogP contribution >= 0.6 is 0 Å². The molecule has 2 heterocycles. The van der Waals surface area contributed by atoms with Crippen molar-refractivity contribution in [2.24, 2.45) is 5.92 Å². The van der Waals surface area contributed by atoms with Gasteiger partial charge in [0.25, 0.3) is 5.91 Å². The van der Waals surface area contributed by atoms with Gasteiger partial charge in [0.1, 0.15) is 11.3 Å². The Kier molecular flexibility index (Phi) is 6.11. The Morgan fingerprint density at radius 2 is 2.16 bits per heavy atom. The summed E-state index contributed by atoms with van der Waals surface area (Å²) in [6, 6.07) is 5.32. The van der Waals surface area contributed by atoms with Crippen LogP contribution in [-0.2, 0) is 11.2 Å². The first-order chi connectivity index (χ1) is 14.8. The fraction of sp³-hybridized carbons (Fsp3) is 0.600. The molecule has 1 amide bonds. The first-order valence-corrected chi connectivity index (χ1v) is 11.6. The molecule has 2 aromatic rings. The van der Waals surface area contributed by atoms with Crippen LogP contribution in [0.4, 0.5) is 0 Å². The van der Waals surface area contributed by atoms with Gasteiger partial charge in [0.05, 0.1) is 5.60 Å². The van der Waals surface area contributed by atoms with Gasteiger partial charge in [-0.05, 0) is 57.2 Å². The molecule has 0 radical (unpaired) electrons. The van der Waals surface area contributed by atoms with E-state index in [4.69, 9.17) is 9.15 Å². The molecule has 2 aliphatic rings. The van der Waals surface area contributed by atoms with E-state index in [1.807, 2.05) is 24.0 Å². The van der Waals surface area contributed by atoms with Crippen LogP contribution in [0.3, 0.4) is 0 Å². The lowest BCUT2D eigenvalue weighted by atomic mass is 9.71. The third-order valence-electron chi connectivity index (χ3n) is 7.11. The molecule has 1 aromatic carbocycles. The van der Waals surface area contributed by atoms with Crippen molar-refractivity contribution in [3.8, 4) is 5.75 Å². The summed E-state index contributed by atoms with van der Waals surface area (Å²) in [6.45, 7) is 6.85. The summed E-state index contributed by atoms with van der Waals surface area (Å²) in [6.07, 6.45) is 5.71. The zero-order chi connectivity index (χ0) is 22.2. The summed E-state index contributed by atoms with van der Waals surface area (Å²) in [5.74, 6) is 0.643. The Bertz CT molecular complexity index is 1030. The standard InChI is InChI=1S/C25H33NO5/c1-4-7-18-14-22(27)31-23-16(2)21(10-9-20(18)23)30-17(3)24(28)26-13-12-25(29)11-6-5-8-19(25)15-26/h9-10,14,17,19,29H,4-8,11-13,15H2,1-3H3/t17-,19+,25+/m0/s1. The largest absolute Gasteiger partial charge is 0.480 e. The van der Waals surface area contributed by atoms with E-state index in [1.54, 1.807) is 13.0 Å². The van der Waals surface area contributed by atoms with Gasteiger partial charge >= 0.3 is 5.63 Å². The summed E-state index contributed by atoms with van der Waals surface area (Å²) in [4.78, 5) is 27.0. The Labute approximate surface area is 183 Å². The molecule has 4 rings (SSSR count). The average molecular weight is 428 g/mol. The molecule has 31 heavy (non-hydrogen) atoms. The third-order valence-corrected chi connectivity index (χ3v) is 7.11. The summed E-state index contributed by atoms with van der Waals surface area (Å²) in [7, 11) is 0. The maximum absolute atomic E-state index is 13.1. The number of carbonyl (C=O) groups excluding carboxylic acids is 1. The van der Waals surface area contributed by atoms with Crippen LogP contribution in [0.15, 0.2) is 27.4 Å². The van der Waals surface area contributed by atoms with E-state index in [0.29, 0.717) is 30.8 Å². The van der Waals surface area contributed by atoms with Crippen LogP contribution in [0.2, 0.25) is 0 Å². The maximum Gasteiger partial charge on any atom is 0.336 e. The van der Waals surface area contributed by atoms with Crippen LogP contribution in [-0.4, -0.2) is 40.7 Å². The molecule has 0 unspecified atom stereocenters. The van der Waals surface area contributed by atoms with E-state index in [9.17, 15) is 14.7 Å². The number of aliphatic hydroxyl groups is 1. The fourth-order valence-corrected chi connectivity index (χ4v) is 5.28. The lowest BCUT2D eigenvalue weighted by molar-refractivity contribution is -0.149. The minimum Gasteiger partial charge on any atom is -0.480 e. The molecule has 168 valence electrons. The van der Waals surface area contributed by atoms with Crippen molar-refractivity contribution in [2.75, 3.05) is 13.1 Å². The van der Waals surface area contributed by atoms with E-state index in [2.05, 4.69) is 6.92 Å². The number of aryl methyl sites for hydroxylation is 2. The Balaban J connectivity index is 1.51. The highest BCUT2D eigenvalue weighted by Gasteiger charge is 2.44. The SMILES string of the molecule is CCCc1cc(=O)oc2c(C)c(O[C@@H](C)C(=O)N3CC[C@]4(O)CCCC[C@@H]4C3)ccc12. The number of rotatable bonds is 5. The maximum atomic E-state index is 13.1. The summed E-state index contributed by atoms with van der Waals surface area (Å²) < 4.78 is 11.5. The van der Waals surface area contributed by atoms with Crippen LogP contribution < -0.4 is 10.4 Å². The highest BCUT2D eigenvalue weighted by atomic mass is 16.5. The van der Waals surface area contributed by atoms with Gasteiger partial charge in [-0.25, -0.2) is 4.79 Å². The minimum atomic E-state index is -0.656. The van der Waals surface area contributed by atoms with Gasteiger partial charge in [0, 0.05) is 36.0 Å². The summed E-state index contributed by atoms with van der Waals surface area (Å²) in [5, 5.41) is 11.8. The predicted molar refractivity (Wildman–Crippen MR) is 119 cm³/mol. The number of nitrogens with zero attached hydrogens (tertiary/aromatic N) is 1. The second kappa shape index (κ2) is 8.65. The lowest BCUT2D eigenvalue weighted by Gasteiger charge is -2.47. The second-order valence-corrected chi connectivity index (χ2v) is 9.25. The number of benzene rings is 1. The molecule has 0 spiro atoms. The highest BCUT2D eigenvalue weighted by Crippen LogP contribution is 2.40. The van der Waals surface area contributed by atoms with Crippen LogP contribution in [0, 0.1) is 12.8 Å². The van der Waals surface area contributed by atoms with Crippen molar-refractivity contribution in [3.63, 3.8) is 0 Å². The van der Waals surface area contributed by atoms with Crippen LogP contribution in [0.1, 0.15) is 63.5 Å². The van der Waals surface area contributed by atoms with E-state index in [-0.39, 0.29) is 17.5 Å². The zero-order valence-electron chi connectivity index (χ0n) is 18.8. The summed E-state index contributed by atoms with van der Waals surface area (Å²) >= 11 is 0. The van der Waals surface area contributed by atoms with Crippen LogP contribution in [0.25, 0.3) is 11.0 Å². The number of carbonyl (C=O) groups is 1. The molecule has 1 aliphatic carbocycles. The molecular weight excluding hydrogens is 394 g/mol. The molecule has 6 heteroatoms. The van der Waals surface area contributed by atoms with Gasteiger partial charge in [-0.1, -0.05) is 26.2 Å². The molecule has 1 N–H and O–H groups in total. The zero-order valence-corrected chi connectivity index (χ0v) is 18.8. The topological polar surface area (TPSA) is 80.0 Å². The number of likely N-dealkylation sites (tertiary alicyclic amines) is 1. The van der Waals surface area contributed by atoms with Crippen molar-refractivity contribution in [3.05, 3.63) is 39.7 Å². The molecule has 3 atom stereocenters. The van der Waals surface area contributed by atoms with Gasteiger partial charge in [-0.3, -0.25) is 4.79 Å². The van der Waals surface area contributed by atoms with Crippen LogP contribution in [0.5, 0.6) is 5.75 Å². The second-order valence-electron chi connectivity index (χ2n) is 9.25. The van der Waals surface area contributed by atoms with Gasteiger partial charge in [0.15, 0.2) is 6.10 Å². The van der Waals surface area contributed by atoms with Crippen molar-refractivity contribution in [2.45, 2.75) is 77.4 Å². The molecule has 2 fully saturated rings. The van der Waals surface area contributed by atoms with Crippen molar-refractivity contribution in [1.82, 2.24) is 4.90 Å². The number of piperidine rings is 1. The van der Waals surface area contributed by atoms with Crippen molar-refractivity contribution < 1.29 is 19.1 Å². The third kappa shape index (κ3) is 4.22. The normalized spacial score (nSPS) is 24.6. The van der Waals surface area contributed by atoms with Gasteiger partial charge in [-0.15, -0.1) is 0 Å². The first kappa shape index (κ1) is 21.9. The number of hydrogen-bond acceptors (Lipinski definition) is 5. The number of hydrogen-bond donors (Lipinski definition) is 1. The lowest BCUT2D eigenvalue weighted by Crippen LogP contribution is -2.56. The molecule has 1 aliphatic heterocycles. The number of ether oxygens (including phenoxy) is 1. The first-order valence-electron chi connectivity index (χ1n) is 11.6. The molecule has 1 aromatic heterocycles. The highest BCUT2D eigenvalue weighted by molar-refractivity contribution is 5.85. The Morgan fingerprint density at radius 3 is 2.94 bits per heavy atom. The molecule has 6 nitrogen and oxygen atoms in total. The summed E-state index contributed by atoms with van der Waals surface area (Å²) in [5.41, 5.74) is 1.25. The van der Waals surface area contributed by atoms with E-state index in [1.165, 1.54) is 0 Å². The average Bonchev–Trinajstić information content (AvgIpc) is 2.75. The van der Waals surface area contributed by atoms with Gasteiger partial charge < -0.3 is 19.2 Å². The van der Waals surface area contributed by atoms with Crippen molar-refractivity contribution in [1.29, 1.82) is 0 Å².